The Hall–Kier alpha value is -3.50. The van der Waals surface area contributed by atoms with Crippen molar-refractivity contribution in [1.29, 1.82) is 0 Å². The van der Waals surface area contributed by atoms with Crippen molar-refractivity contribution in [3.8, 4) is 0 Å². The van der Waals surface area contributed by atoms with E-state index in [4.69, 9.17) is 10.8 Å². The van der Waals surface area contributed by atoms with Crippen molar-refractivity contribution < 1.29 is 9.90 Å². The van der Waals surface area contributed by atoms with E-state index >= 15 is 0 Å². The first-order valence-electron chi connectivity index (χ1n) is 11.8. The van der Waals surface area contributed by atoms with Gasteiger partial charge in [-0.3, -0.25) is 9.69 Å². The Balaban J connectivity index is 1.14. The Morgan fingerprint density at radius 1 is 1.09 bits per heavy atom. The number of nitrogens with zero attached hydrogens (tertiary/aromatic N) is 5. The minimum Gasteiger partial charge on any atom is -0.477 e. The number of fused-ring (bicyclic) bond motifs is 2. The molecule has 1 saturated heterocycles. The van der Waals surface area contributed by atoms with Crippen LogP contribution in [-0.4, -0.2) is 63.3 Å². The first-order chi connectivity index (χ1) is 16.9. The van der Waals surface area contributed by atoms with E-state index in [1.54, 1.807) is 6.92 Å². The maximum absolute atomic E-state index is 12.7. The summed E-state index contributed by atoms with van der Waals surface area (Å²) in [5.41, 5.74) is 1.07. The summed E-state index contributed by atoms with van der Waals surface area (Å²) >= 11 is 1.03. The van der Waals surface area contributed by atoms with Gasteiger partial charge in [-0.25, -0.2) is 19.4 Å². The number of carboxylic acids is 1. The zero-order valence-corrected chi connectivity index (χ0v) is 20.4. The van der Waals surface area contributed by atoms with Crippen LogP contribution in [0.15, 0.2) is 41.2 Å². The van der Waals surface area contributed by atoms with Gasteiger partial charge in [0.2, 0.25) is 0 Å². The lowest BCUT2D eigenvalue weighted by Crippen LogP contribution is -2.46. The summed E-state index contributed by atoms with van der Waals surface area (Å²) in [6.45, 7) is 6.43. The van der Waals surface area contributed by atoms with Gasteiger partial charge in [0.15, 0.2) is 0 Å². The number of thiophene rings is 1. The minimum atomic E-state index is -1.05. The number of rotatable bonds is 7. The molecule has 0 atom stereocenters. The summed E-state index contributed by atoms with van der Waals surface area (Å²) in [6, 6.07) is 12.4. The third-order valence-corrected chi connectivity index (χ3v) is 7.84. The second-order valence-electron chi connectivity index (χ2n) is 8.89. The molecule has 182 valence electrons. The summed E-state index contributed by atoms with van der Waals surface area (Å²) in [5, 5.41) is 10.8. The molecule has 0 saturated carbocycles. The Bertz CT molecular complexity index is 1460. The Kier molecular flexibility index (Phi) is 6.40. The summed E-state index contributed by atoms with van der Waals surface area (Å²) in [5.74, 6) is 6.48. The van der Waals surface area contributed by atoms with E-state index in [-0.39, 0.29) is 10.4 Å². The molecule has 35 heavy (non-hydrogen) atoms. The van der Waals surface area contributed by atoms with Crippen LogP contribution in [0, 0.1) is 6.92 Å². The van der Waals surface area contributed by atoms with Crippen LogP contribution in [0.25, 0.3) is 21.1 Å². The number of hydrogen-bond donors (Lipinski definition) is 2. The van der Waals surface area contributed by atoms with Crippen LogP contribution in [0.1, 0.15) is 33.9 Å². The Morgan fingerprint density at radius 3 is 2.63 bits per heavy atom. The fourth-order valence-corrected chi connectivity index (χ4v) is 5.70. The lowest BCUT2D eigenvalue weighted by molar-refractivity contribution is 0.0701. The highest BCUT2D eigenvalue weighted by Gasteiger charge is 2.21. The summed E-state index contributed by atoms with van der Waals surface area (Å²) in [6.07, 6.45) is 2.38. The maximum atomic E-state index is 12.7. The predicted octanol–water partition coefficient (Wildman–Crippen LogP) is 2.87. The third-order valence-electron chi connectivity index (χ3n) is 6.67. The number of carboxylic acid groups (broad SMARTS) is 1. The molecule has 0 spiro atoms. The van der Waals surface area contributed by atoms with Crippen LogP contribution >= 0.6 is 11.3 Å². The minimum absolute atomic E-state index is 0.139. The molecule has 3 aromatic heterocycles. The molecule has 0 radical (unpaired) electrons. The Labute approximate surface area is 206 Å². The lowest BCUT2D eigenvalue weighted by Gasteiger charge is -2.35. The number of hydrogen-bond acceptors (Lipinski definition) is 8. The van der Waals surface area contributed by atoms with E-state index in [9.17, 15) is 14.7 Å². The highest BCUT2D eigenvalue weighted by Crippen LogP contribution is 2.27. The molecule has 1 aromatic carbocycles. The van der Waals surface area contributed by atoms with Gasteiger partial charge < -0.3 is 15.8 Å². The average Bonchev–Trinajstić information content (AvgIpc) is 3.21. The monoisotopic (exact) mass is 492 g/mol. The average molecular weight is 493 g/mol. The molecule has 9 nitrogen and oxygen atoms in total. The second-order valence-corrected chi connectivity index (χ2v) is 9.89. The van der Waals surface area contributed by atoms with Crippen LogP contribution in [0.2, 0.25) is 0 Å². The number of nitrogen functional groups attached to an aromatic ring is 1. The zero-order valence-electron chi connectivity index (χ0n) is 19.6. The number of aromatic nitrogens is 3. The van der Waals surface area contributed by atoms with Crippen molar-refractivity contribution in [3.05, 3.63) is 63.0 Å². The van der Waals surface area contributed by atoms with Crippen molar-refractivity contribution in [2.24, 2.45) is 0 Å². The number of para-hydroxylation sites is 1. The van der Waals surface area contributed by atoms with E-state index in [0.717, 1.165) is 78.3 Å². The van der Waals surface area contributed by atoms with E-state index < -0.39 is 5.97 Å². The van der Waals surface area contributed by atoms with Crippen molar-refractivity contribution in [3.63, 3.8) is 0 Å². The van der Waals surface area contributed by atoms with Crippen molar-refractivity contribution in [2.75, 3.05) is 43.5 Å². The number of unbranched alkanes of at least 4 members (excludes halogenated alkanes) is 1. The fourth-order valence-electron chi connectivity index (χ4n) is 4.67. The molecular weight excluding hydrogens is 464 g/mol. The number of anilines is 1. The molecule has 4 heterocycles. The van der Waals surface area contributed by atoms with Crippen molar-refractivity contribution >= 4 is 44.2 Å². The quantitative estimate of drug-likeness (QED) is 0.299. The van der Waals surface area contributed by atoms with Gasteiger partial charge in [-0.05, 0) is 50.1 Å². The van der Waals surface area contributed by atoms with Crippen LogP contribution in [-0.2, 0) is 6.42 Å². The number of nitrogens with two attached hydrogens (primary N) is 1. The molecule has 3 N–H and O–H groups in total. The highest BCUT2D eigenvalue weighted by molar-refractivity contribution is 7.20. The molecule has 0 bridgehead atoms. The molecule has 10 heteroatoms. The van der Waals surface area contributed by atoms with Crippen molar-refractivity contribution in [2.45, 2.75) is 26.2 Å². The SMILES string of the molecule is Cc1c(C(=O)O)sc2nc(CCCCN3CCN(c4ccc5ccccc5n4)CC3)n(N)c(=O)c12. The number of aryl methyl sites for hydroxylation is 2. The smallest absolute Gasteiger partial charge is 0.346 e. The number of aromatic carboxylic acids is 1. The van der Waals surface area contributed by atoms with Gasteiger partial charge in [0.05, 0.1) is 10.9 Å². The van der Waals surface area contributed by atoms with Crippen LogP contribution in [0.3, 0.4) is 0 Å². The van der Waals surface area contributed by atoms with Gasteiger partial charge in [-0.1, -0.05) is 18.2 Å². The molecular formula is C25H28N6O3S. The van der Waals surface area contributed by atoms with E-state index in [0.29, 0.717) is 28.0 Å². The molecule has 1 aliphatic rings. The van der Waals surface area contributed by atoms with Gasteiger partial charge >= 0.3 is 5.97 Å². The van der Waals surface area contributed by atoms with Crippen LogP contribution in [0.5, 0.6) is 0 Å². The fraction of sp³-hybridized carbons (Fsp3) is 0.360. The molecule has 0 unspecified atom stereocenters. The maximum Gasteiger partial charge on any atom is 0.346 e. The third kappa shape index (κ3) is 4.59. The highest BCUT2D eigenvalue weighted by atomic mass is 32.1. The summed E-state index contributed by atoms with van der Waals surface area (Å²) in [4.78, 5) is 38.8. The number of carbonyl (C=O) groups is 1. The molecule has 1 fully saturated rings. The molecule has 5 rings (SSSR count). The first-order valence-corrected chi connectivity index (χ1v) is 12.6. The van der Waals surface area contributed by atoms with Gasteiger partial charge in [-0.15, -0.1) is 11.3 Å². The van der Waals surface area contributed by atoms with E-state index in [1.165, 1.54) is 0 Å². The van der Waals surface area contributed by atoms with Gasteiger partial charge in [0.25, 0.3) is 5.56 Å². The second kappa shape index (κ2) is 9.63. The summed E-state index contributed by atoms with van der Waals surface area (Å²) < 4.78 is 1.07. The largest absolute Gasteiger partial charge is 0.477 e. The number of benzene rings is 1. The van der Waals surface area contributed by atoms with Gasteiger partial charge in [0.1, 0.15) is 21.3 Å². The van der Waals surface area contributed by atoms with Crippen molar-refractivity contribution in [1.82, 2.24) is 19.5 Å². The molecule has 0 amide bonds. The zero-order chi connectivity index (χ0) is 24.5. The molecule has 1 aliphatic heterocycles. The lowest BCUT2D eigenvalue weighted by atomic mass is 10.2. The molecule has 4 aromatic rings. The first kappa shape index (κ1) is 23.3. The van der Waals surface area contributed by atoms with Crippen LogP contribution < -0.4 is 16.3 Å². The van der Waals surface area contributed by atoms with E-state index in [1.807, 2.05) is 18.2 Å². The number of piperazine rings is 1. The number of pyridine rings is 1. The topological polar surface area (TPSA) is 118 Å². The van der Waals surface area contributed by atoms with Gasteiger partial charge in [-0.2, -0.15) is 0 Å². The Morgan fingerprint density at radius 2 is 1.86 bits per heavy atom. The normalized spacial score (nSPS) is 14.7. The molecule has 0 aliphatic carbocycles. The standard InChI is InChI=1S/C25H28N6O3S/c1-16-21-23(35-22(16)25(33)34)28-20(31(26)24(21)32)8-4-5-11-29-12-14-30(15-13-29)19-10-9-17-6-2-3-7-18(17)27-19/h2-3,6-7,9-10H,4-5,8,11-15,26H2,1H3,(H,33,34). The van der Waals surface area contributed by atoms with Gasteiger partial charge in [0, 0.05) is 38.0 Å². The van der Waals surface area contributed by atoms with E-state index in [2.05, 4.69) is 33.0 Å². The van der Waals surface area contributed by atoms with Crippen LogP contribution in [0.4, 0.5) is 5.82 Å². The predicted molar refractivity (Wildman–Crippen MR) is 139 cm³/mol. The summed E-state index contributed by atoms with van der Waals surface area (Å²) in [7, 11) is 0.